The van der Waals surface area contributed by atoms with Crippen molar-refractivity contribution in [1.82, 2.24) is 5.32 Å². The molecule has 0 radical (unpaired) electrons. The van der Waals surface area contributed by atoms with Crippen LogP contribution < -0.4 is 5.32 Å². The SMILES string of the molecule is O=C(O)C(F)(F)F.OC1(Cc2ccc(Cl)c(Cl)c2)CCNCC1. The Labute approximate surface area is 141 Å². The second-order valence-electron chi connectivity index (χ2n) is 5.20. The van der Waals surface area contributed by atoms with Crippen molar-refractivity contribution in [3.05, 3.63) is 33.8 Å². The van der Waals surface area contributed by atoms with Gasteiger partial charge in [-0.15, -0.1) is 0 Å². The highest BCUT2D eigenvalue weighted by Crippen LogP contribution is 2.27. The molecule has 0 aromatic heterocycles. The predicted molar refractivity (Wildman–Crippen MR) is 80.9 cm³/mol. The molecule has 3 N–H and O–H groups in total. The van der Waals surface area contributed by atoms with Gasteiger partial charge in [0.2, 0.25) is 0 Å². The van der Waals surface area contributed by atoms with Gasteiger partial charge >= 0.3 is 12.1 Å². The number of carbonyl (C=O) groups is 1. The third-order valence-electron chi connectivity index (χ3n) is 3.29. The van der Waals surface area contributed by atoms with Crippen LogP contribution in [0, 0.1) is 0 Å². The molecule has 0 amide bonds. The molecule has 0 spiro atoms. The molecular weight excluding hydrogens is 358 g/mol. The van der Waals surface area contributed by atoms with E-state index in [4.69, 9.17) is 33.1 Å². The average molecular weight is 374 g/mol. The van der Waals surface area contributed by atoms with Gasteiger partial charge in [0.25, 0.3) is 0 Å². The van der Waals surface area contributed by atoms with E-state index in [2.05, 4.69) is 5.32 Å². The number of nitrogens with one attached hydrogen (secondary N) is 1. The van der Waals surface area contributed by atoms with Gasteiger partial charge in [-0.1, -0.05) is 29.3 Å². The van der Waals surface area contributed by atoms with Crippen LogP contribution in [0.15, 0.2) is 18.2 Å². The predicted octanol–water partition coefficient (Wildman–Crippen LogP) is 3.28. The van der Waals surface area contributed by atoms with Crippen LogP contribution in [0.2, 0.25) is 10.0 Å². The van der Waals surface area contributed by atoms with Crippen molar-refractivity contribution in [2.24, 2.45) is 0 Å². The molecular formula is C14H16Cl2F3NO3. The minimum atomic E-state index is -5.08. The van der Waals surface area contributed by atoms with Crippen molar-refractivity contribution in [3.8, 4) is 0 Å². The van der Waals surface area contributed by atoms with E-state index in [0.717, 1.165) is 31.5 Å². The molecule has 4 nitrogen and oxygen atoms in total. The maximum absolute atomic E-state index is 10.6. The van der Waals surface area contributed by atoms with Crippen LogP contribution in [-0.2, 0) is 11.2 Å². The fourth-order valence-electron chi connectivity index (χ4n) is 2.10. The quantitative estimate of drug-likeness (QED) is 0.743. The summed E-state index contributed by atoms with van der Waals surface area (Å²) in [5.74, 6) is -2.76. The van der Waals surface area contributed by atoms with Gasteiger partial charge in [0.15, 0.2) is 0 Å². The van der Waals surface area contributed by atoms with Crippen LogP contribution in [0.4, 0.5) is 13.2 Å². The first-order valence-electron chi connectivity index (χ1n) is 6.71. The lowest BCUT2D eigenvalue weighted by atomic mass is 9.86. The summed E-state index contributed by atoms with van der Waals surface area (Å²) >= 11 is 11.8. The van der Waals surface area contributed by atoms with E-state index in [1.165, 1.54) is 0 Å². The van der Waals surface area contributed by atoms with Crippen LogP contribution in [0.1, 0.15) is 18.4 Å². The summed E-state index contributed by atoms with van der Waals surface area (Å²) in [5.41, 5.74) is 0.446. The zero-order valence-corrected chi connectivity index (χ0v) is 13.5. The zero-order valence-electron chi connectivity index (χ0n) is 12.0. The number of rotatable bonds is 2. The first-order chi connectivity index (χ1) is 10.5. The second kappa shape index (κ2) is 8.19. The van der Waals surface area contributed by atoms with Crippen molar-refractivity contribution in [2.75, 3.05) is 13.1 Å². The molecule has 0 aliphatic carbocycles. The van der Waals surface area contributed by atoms with E-state index in [9.17, 15) is 18.3 Å². The Morgan fingerprint density at radius 3 is 2.17 bits per heavy atom. The smallest absolute Gasteiger partial charge is 0.475 e. The minimum Gasteiger partial charge on any atom is -0.475 e. The molecule has 1 aliphatic heterocycles. The number of carboxylic acid groups (broad SMARTS) is 1. The van der Waals surface area contributed by atoms with Gasteiger partial charge in [0.1, 0.15) is 0 Å². The number of alkyl halides is 3. The molecule has 1 aliphatic rings. The Morgan fingerprint density at radius 2 is 1.74 bits per heavy atom. The second-order valence-corrected chi connectivity index (χ2v) is 6.02. The van der Waals surface area contributed by atoms with Crippen molar-refractivity contribution in [3.63, 3.8) is 0 Å². The molecule has 2 rings (SSSR count). The summed E-state index contributed by atoms with van der Waals surface area (Å²) in [6.45, 7) is 1.75. The van der Waals surface area contributed by atoms with Crippen molar-refractivity contribution >= 4 is 29.2 Å². The minimum absolute atomic E-state index is 0.553. The summed E-state index contributed by atoms with van der Waals surface area (Å²) in [5, 5.41) is 21.8. The van der Waals surface area contributed by atoms with Crippen LogP contribution in [0.3, 0.4) is 0 Å². The molecule has 1 aromatic carbocycles. The monoisotopic (exact) mass is 373 g/mol. The van der Waals surface area contributed by atoms with Crippen molar-refractivity contribution in [1.29, 1.82) is 0 Å². The summed E-state index contributed by atoms with van der Waals surface area (Å²) in [6.07, 6.45) is -2.87. The van der Waals surface area contributed by atoms with Crippen molar-refractivity contribution in [2.45, 2.75) is 31.0 Å². The highest BCUT2D eigenvalue weighted by Gasteiger charge is 2.38. The maximum Gasteiger partial charge on any atom is 0.490 e. The molecule has 0 unspecified atom stereocenters. The van der Waals surface area contributed by atoms with E-state index in [1.54, 1.807) is 6.07 Å². The van der Waals surface area contributed by atoms with E-state index >= 15 is 0 Å². The number of hydrogen-bond acceptors (Lipinski definition) is 3. The average Bonchev–Trinajstić information content (AvgIpc) is 2.43. The molecule has 130 valence electrons. The first-order valence-corrected chi connectivity index (χ1v) is 7.46. The molecule has 1 fully saturated rings. The summed E-state index contributed by atoms with van der Waals surface area (Å²) in [6, 6.07) is 5.54. The number of benzene rings is 1. The zero-order chi connectivity index (χ0) is 17.7. The molecule has 0 atom stereocenters. The summed E-state index contributed by atoms with van der Waals surface area (Å²) in [7, 11) is 0. The first kappa shape index (κ1) is 20.0. The summed E-state index contributed by atoms with van der Waals surface area (Å²) in [4.78, 5) is 8.90. The van der Waals surface area contributed by atoms with Gasteiger partial charge in [-0.2, -0.15) is 13.2 Å². The molecule has 1 saturated heterocycles. The molecule has 1 aromatic rings. The van der Waals surface area contributed by atoms with Crippen LogP contribution >= 0.6 is 23.2 Å². The fraction of sp³-hybridized carbons (Fsp3) is 0.500. The van der Waals surface area contributed by atoms with E-state index in [1.807, 2.05) is 12.1 Å². The van der Waals surface area contributed by atoms with E-state index in [-0.39, 0.29) is 0 Å². The van der Waals surface area contributed by atoms with Crippen LogP contribution in [-0.4, -0.2) is 41.0 Å². The lowest BCUT2D eigenvalue weighted by Crippen LogP contribution is -2.43. The largest absolute Gasteiger partial charge is 0.490 e. The normalized spacial score (nSPS) is 17.1. The molecule has 0 bridgehead atoms. The standard InChI is InChI=1S/C12H15Cl2NO.C2HF3O2/c13-10-2-1-9(7-11(10)14)8-12(16)3-5-15-6-4-12;3-2(4,5)1(6)7/h1-2,7,15-16H,3-6,8H2;(H,6,7). The Bertz CT molecular complexity index is 547. The summed E-state index contributed by atoms with van der Waals surface area (Å²) < 4.78 is 31.7. The lowest BCUT2D eigenvalue weighted by molar-refractivity contribution is -0.192. The van der Waals surface area contributed by atoms with Gasteiger partial charge in [-0.05, 0) is 43.6 Å². The molecule has 1 heterocycles. The van der Waals surface area contributed by atoms with Crippen LogP contribution in [0.5, 0.6) is 0 Å². The van der Waals surface area contributed by atoms with E-state index in [0.29, 0.717) is 16.5 Å². The maximum atomic E-state index is 10.6. The van der Waals surface area contributed by atoms with Gasteiger partial charge in [-0.25, -0.2) is 4.79 Å². The van der Waals surface area contributed by atoms with Crippen molar-refractivity contribution < 1.29 is 28.2 Å². The van der Waals surface area contributed by atoms with Crippen LogP contribution in [0.25, 0.3) is 0 Å². The van der Waals surface area contributed by atoms with Gasteiger partial charge in [0, 0.05) is 6.42 Å². The number of aliphatic hydroxyl groups is 1. The Hall–Kier alpha value is -1.02. The highest BCUT2D eigenvalue weighted by molar-refractivity contribution is 6.42. The molecule has 0 saturated carbocycles. The Kier molecular flexibility index (Phi) is 7.13. The number of halogens is 5. The topological polar surface area (TPSA) is 69.6 Å². The highest BCUT2D eigenvalue weighted by atomic mass is 35.5. The third kappa shape index (κ3) is 6.95. The Balaban J connectivity index is 0.000000322. The van der Waals surface area contributed by atoms with Gasteiger partial charge in [0.05, 0.1) is 15.6 Å². The van der Waals surface area contributed by atoms with Gasteiger partial charge < -0.3 is 15.5 Å². The van der Waals surface area contributed by atoms with Gasteiger partial charge in [-0.3, -0.25) is 0 Å². The molecule has 23 heavy (non-hydrogen) atoms. The third-order valence-corrected chi connectivity index (χ3v) is 4.03. The number of hydrogen-bond donors (Lipinski definition) is 3. The Morgan fingerprint density at radius 1 is 1.22 bits per heavy atom. The number of carboxylic acids is 1. The number of piperidine rings is 1. The fourth-order valence-corrected chi connectivity index (χ4v) is 2.42. The lowest BCUT2D eigenvalue weighted by Gasteiger charge is -2.32. The number of aliphatic carboxylic acids is 1. The van der Waals surface area contributed by atoms with E-state index < -0.39 is 17.7 Å². The molecule has 9 heteroatoms.